The van der Waals surface area contributed by atoms with Crippen molar-refractivity contribution in [2.75, 3.05) is 50.8 Å². The van der Waals surface area contributed by atoms with Crippen LogP contribution in [-0.4, -0.2) is 62.9 Å². The SMILES string of the molecule is O=C1O[C@@H](CCN2CCN(c3ccccc3)CC2)CC12CCOCC2. The minimum atomic E-state index is -0.241. The molecule has 0 radical (unpaired) electrons. The van der Waals surface area contributed by atoms with Gasteiger partial charge in [0, 0.05) is 58.0 Å². The predicted octanol–water partition coefficient (Wildman–Crippen LogP) is 2.31. The smallest absolute Gasteiger partial charge is 0.312 e. The Hall–Kier alpha value is -1.59. The number of nitrogens with zero attached hydrogens (tertiary/aromatic N) is 2. The van der Waals surface area contributed by atoms with Crippen molar-refractivity contribution in [1.29, 1.82) is 0 Å². The van der Waals surface area contributed by atoms with E-state index in [0.717, 1.165) is 58.4 Å². The molecule has 136 valence electrons. The second-order valence-electron chi connectivity index (χ2n) is 7.58. The highest BCUT2D eigenvalue weighted by atomic mass is 16.6. The topological polar surface area (TPSA) is 42.0 Å². The molecule has 0 saturated carbocycles. The second-order valence-corrected chi connectivity index (χ2v) is 7.58. The molecule has 1 aromatic carbocycles. The quantitative estimate of drug-likeness (QED) is 0.784. The van der Waals surface area contributed by atoms with E-state index in [4.69, 9.17) is 9.47 Å². The highest BCUT2D eigenvalue weighted by Crippen LogP contribution is 2.43. The van der Waals surface area contributed by atoms with E-state index in [1.807, 2.05) is 0 Å². The zero-order chi connectivity index (χ0) is 17.1. The lowest BCUT2D eigenvalue weighted by Gasteiger charge is -2.36. The molecule has 0 bridgehead atoms. The van der Waals surface area contributed by atoms with Crippen LogP contribution in [0.3, 0.4) is 0 Å². The molecule has 5 heteroatoms. The molecule has 1 spiro atoms. The average molecular weight is 344 g/mol. The van der Waals surface area contributed by atoms with Gasteiger partial charge in [-0.2, -0.15) is 0 Å². The third-order valence-electron chi connectivity index (χ3n) is 6.04. The Balaban J connectivity index is 1.23. The van der Waals surface area contributed by atoms with Crippen molar-refractivity contribution in [1.82, 2.24) is 4.90 Å². The number of hydrogen-bond donors (Lipinski definition) is 0. The molecule has 3 heterocycles. The predicted molar refractivity (Wildman–Crippen MR) is 96.7 cm³/mol. The number of ether oxygens (including phenoxy) is 2. The molecule has 4 rings (SSSR count). The normalized spacial score (nSPS) is 26.8. The van der Waals surface area contributed by atoms with E-state index in [0.29, 0.717) is 13.2 Å². The van der Waals surface area contributed by atoms with Crippen LogP contribution < -0.4 is 4.90 Å². The largest absolute Gasteiger partial charge is 0.462 e. The fourth-order valence-corrected chi connectivity index (χ4v) is 4.36. The molecule has 3 aliphatic rings. The van der Waals surface area contributed by atoms with Gasteiger partial charge in [0.15, 0.2) is 0 Å². The molecule has 25 heavy (non-hydrogen) atoms. The maximum absolute atomic E-state index is 12.3. The van der Waals surface area contributed by atoms with E-state index in [1.54, 1.807) is 0 Å². The van der Waals surface area contributed by atoms with Gasteiger partial charge < -0.3 is 14.4 Å². The molecule has 3 fully saturated rings. The number of piperazine rings is 1. The Morgan fingerprint density at radius 2 is 1.76 bits per heavy atom. The van der Waals surface area contributed by atoms with Crippen LogP contribution in [0, 0.1) is 5.41 Å². The Labute approximate surface area is 149 Å². The van der Waals surface area contributed by atoms with Crippen LogP contribution in [0.1, 0.15) is 25.7 Å². The maximum Gasteiger partial charge on any atom is 0.312 e. The van der Waals surface area contributed by atoms with Crippen LogP contribution in [-0.2, 0) is 14.3 Å². The van der Waals surface area contributed by atoms with Crippen molar-refractivity contribution < 1.29 is 14.3 Å². The second kappa shape index (κ2) is 7.34. The van der Waals surface area contributed by atoms with Gasteiger partial charge in [-0.3, -0.25) is 9.69 Å². The highest BCUT2D eigenvalue weighted by molar-refractivity contribution is 5.79. The molecule has 0 unspecified atom stereocenters. The molecule has 1 aromatic rings. The maximum atomic E-state index is 12.3. The lowest BCUT2D eigenvalue weighted by atomic mass is 9.77. The number of para-hydroxylation sites is 1. The summed E-state index contributed by atoms with van der Waals surface area (Å²) in [5, 5.41) is 0. The Bertz CT molecular complexity index is 578. The Kier molecular flexibility index (Phi) is 4.95. The van der Waals surface area contributed by atoms with Crippen LogP contribution in [0.4, 0.5) is 5.69 Å². The van der Waals surface area contributed by atoms with E-state index in [9.17, 15) is 4.79 Å². The summed E-state index contributed by atoms with van der Waals surface area (Å²) in [4.78, 5) is 17.3. The number of anilines is 1. The van der Waals surface area contributed by atoms with E-state index >= 15 is 0 Å². The van der Waals surface area contributed by atoms with E-state index in [2.05, 4.69) is 40.1 Å². The summed E-state index contributed by atoms with van der Waals surface area (Å²) in [7, 11) is 0. The molecular weight excluding hydrogens is 316 g/mol. The summed E-state index contributed by atoms with van der Waals surface area (Å²) in [6.45, 7) is 6.70. The summed E-state index contributed by atoms with van der Waals surface area (Å²) < 4.78 is 11.1. The number of rotatable bonds is 4. The van der Waals surface area contributed by atoms with Gasteiger partial charge >= 0.3 is 5.97 Å². The first-order valence-electron chi connectivity index (χ1n) is 9.56. The molecule has 0 aliphatic carbocycles. The van der Waals surface area contributed by atoms with Crippen molar-refractivity contribution in [2.24, 2.45) is 5.41 Å². The molecule has 1 atom stereocenters. The highest BCUT2D eigenvalue weighted by Gasteiger charge is 2.49. The van der Waals surface area contributed by atoms with Gasteiger partial charge in [0.05, 0.1) is 5.41 Å². The molecule has 3 saturated heterocycles. The Morgan fingerprint density at radius 3 is 2.48 bits per heavy atom. The minimum absolute atomic E-state index is 0.0229. The van der Waals surface area contributed by atoms with Crippen molar-refractivity contribution in [2.45, 2.75) is 31.8 Å². The van der Waals surface area contributed by atoms with Crippen molar-refractivity contribution in [3.8, 4) is 0 Å². The zero-order valence-electron chi connectivity index (χ0n) is 14.9. The minimum Gasteiger partial charge on any atom is -0.462 e. The van der Waals surface area contributed by atoms with Gasteiger partial charge in [-0.1, -0.05) is 18.2 Å². The van der Waals surface area contributed by atoms with Crippen molar-refractivity contribution in [3.63, 3.8) is 0 Å². The molecule has 5 nitrogen and oxygen atoms in total. The van der Waals surface area contributed by atoms with E-state index < -0.39 is 0 Å². The summed E-state index contributed by atoms with van der Waals surface area (Å²) >= 11 is 0. The van der Waals surface area contributed by atoms with Crippen LogP contribution in [0.25, 0.3) is 0 Å². The summed E-state index contributed by atoms with van der Waals surface area (Å²) in [6, 6.07) is 10.6. The van der Waals surface area contributed by atoms with Gasteiger partial charge in [0.1, 0.15) is 6.10 Å². The first kappa shape index (κ1) is 16.9. The number of carbonyl (C=O) groups is 1. The van der Waals surface area contributed by atoms with Gasteiger partial charge in [-0.25, -0.2) is 0 Å². The average Bonchev–Trinajstić information content (AvgIpc) is 2.97. The molecule has 0 amide bonds. The molecule has 3 aliphatic heterocycles. The number of esters is 1. The number of hydrogen-bond acceptors (Lipinski definition) is 5. The van der Waals surface area contributed by atoms with Gasteiger partial charge in [0.2, 0.25) is 0 Å². The molecule has 0 aromatic heterocycles. The van der Waals surface area contributed by atoms with E-state index in [-0.39, 0.29) is 17.5 Å². The van der Waals surface area contributed by atoms with Crippen molar-refractivity contribution in [3.05, 3.63) is 30.3 Å². The number of carbonyl (C=O) groups excluding carboxylic acids is 1. The Morgan fingerprint density at radius 1 is 1.04 bits per heavy atom. The fourth-order valence-electron chi connectivity index (χ4n) is 4.36. The summed E-state index contributed by atoms with van der Waals surface area (Å²) in [6.07, 6.45) is 3.60. The fraction of sp³-hybridized carbons (Fsp3) is 0.650. The third kappa shape index (κ3) is 3.67. The zero-order valence-corrected chi connectivity index (χ0v) is 14.9. The van der Waals surface area contributed by atoms with Crippen molar-refractivity contribution >= 4 is 11.7 Å². The van der Waals surface area contributed by atoms with E-state index in [1.165, 1.54) is 5.69 Å². The van der Waals surface area contributed by atoms with Crippen LogP contribution >= 0.6 is 0 Å². The van der Waals surface area contributed by atoms with Gasteiger partial charge in [-0.05, 0) is 31.4 Å². The monoisotopic (exact) mass is 344 g/mol. The first-order chi connectivity index (χ1) is 12.3. The standard InChI is InChI=1S/C20H28N2O3/c23-19-20(7-14-24-15-8-20)16-18(25-19)6-9-21-10-12-22(13-11-21)17-4-2-1-3-5-17/h1-5,18H,6-16H2/t18-/m0/s1. The molecular formula is C20H28N2O3. The lowest BCUT2D eigenvalue weighted by Crippen LogP contribution is -2.47. The van der Waals surface area contributed by atoms with Gasteiger partial charge in [-0.15, -0.1) is 0 Å². The summed E-state index contributed by atoms with van der Waals surface area (Å²) in [5.41, 5.74) is 1.07. The van der Waals surface area contributed by atoms with Gasteiger partial charge in [0.25, 0.3) is 0 Å². The lowest BCUT2D eigenvalue weighted by molar-refractivity contribution is -0.152. The number of benzene rings is 1. The van der Waals surface area contributed by atoms with Crippen LogP contribution in [0.2, 0.25) is 0 Å². The van der Waals surface area contributed by atoms with Crippen LogP contribution in [0.15, 0.2) is 30.3 Å². The summed E-state index contributed by atoms with van der Waals surface area (Å²) in [5.74, 6) is 0.0229. The molecule has 0 N–H and O–H groups in total. The number of cyclic esters (lactones) is 1. The first-order valence-corrected chi connectivity index (χ1v) is 9.56. The third-order valence-corrected chi connectivity index (χ3v) is 6.04. The van der Waals surface area contributed by atoms with Crippen LogP contribution in [0.5, 0.6) is 0 Å².